The summed E-state index contributed by atoms with van der Waals surface area (Å²) in [6.45, 7) is 3.82. The number of rotatable bonds is 5. The summed E-state index contributed by atoms with van der Waals surface area (Å²) in [5.74, 6) is -0.194. The van der Waals surface area contributed by atoms with Crippen LogP contribution in [-0.4, -0.2) is 41.0 Å². The molecular formula is C19H22N4O. The standard InChI is InChI=1S/C19H22N4O/c1-14-4-7-17(20-13-14)19(24)21-16-6-5-15-8-9-23(18(15)12-16)11-10-22(2)3/h4-9,12-13H,10-11H2,1-3H3,(H,21,24). The van der Waals surface area contributed by atoms with Crippen LogP contribution in [0.1, 0.15) is 16.1 Å². The van der Waals surface area contributed by atoms with Gasteiger partial charge in [-0.05, 0) is 56.2 Å². The number of carbonyl (C=O) groups is 1. The minimum absolute atomic E-state index is 0.194. The molecule has 0 unspecified atom stereocenters. The predicted octanol–water partition coefficient (Wildman–Crippen LogP) is 3.16. The number of carbonyl (C=O) groups excluding carboxylic acids is 1. The van der Waals surface area contributed by atoms with Gasteiger partial charge in [-0.1, -0.05) is 12.1 Å². The second-order valence-electron chi connectivity index (χ2n) is 6.26. The molecule has 0 saturated heterocycles. The number of likely N-dealkylation sites (N-methyl/N-ethyl adjacent to an activating group) is 1. The van der Waals surface area contributed by atoms with E-state index in [9.17, 15) is 4.79 Å². The molecule has 0 bridgehead atoms. The number of hydrogen-bond acceptors (Lipinski definition) is 3. The first-order valence-electron chi connectivity index (χ1n) is 8.00. The summed E-state index contributed by atoms with van der Waals surface area (Å²) >= 11 is 0. The number of amides is 1. The zero-order chi connectivity index (χ0) is 17.1. The normalized spacial score (nSPS) is 11.2. The molecule has 0 fully saturated rings. The van der Waals surface area contributed by atoms with Crippen LogP contribution in [0.5, 0.6) is 0 Å². The van der Waals surface area contributed by atoms with Gasteiger partial charge in [0.1, 0.15) is 5.69 Å². The lowest BCUT2D eigenvalue weighted by atomic mass is 10.2. The van der Waals surface area contributed by atoms with Crippen molar-refractivity contribution in [1.29, 1.82) is 0 Å². The van der Waals surface area contributed by atoms with E-state index in [1.807, 2.05) is 31.2 Å². The van der Waals surface area contributed by atoms with Gasteiger partial charge in [-0.3, -0.25) is 9.78 Å². The van der Waals surface area contributed by atoms with Crippen LogP contribution < -0.4 is 5.32 Å². The van der Waals surface area contributed by atoms with Crippen LogP contribution in [-0.2, 0) is 6.54 Å². The molecule has 3 aromatic rings. The molecule has 5 heteroatoms. The fourth-order valence-corrected chi connectivity index (χ4v) is 2.56. The van der Waals surface area contributed by atoms with E-state index in [0.29, 0.717) is 5.69 Å². The lowest BCUT2D eigenvalue weighted by Crippen LogP contribution is -2.18. The fraction of sp³-hybridized carbons (Fsp3) is 0.263. The van der Waals surface area contributed by atoms with Crippen molar-refractivity contribution in [2.24, 2.45) is 0 Å². The Hall–Kier alpha value is -2.66. The van der Waals surface area contributed by atoms with E-state index < -0.39 is 0 Å². The third kappa shape index (κ3) is 3.63. The lowest BCUT2D eigenvalue weighted by Gasteiger charge is -2.12. The first kappa shape index (κ1) is 16.2. The molecule has 0 atom stereocenters. The Morgan fingerprint density at radius 3 is 2.75 bits per heavy atom. The van der Waals surface area contributed by atoms with E-state index in [1.54, 1.807) is 12.3 Å². The van der Waals surface area contributed by atoms with E-state index in [2.05, 4.69) is 46.1 Å². The van der Waals surface area contributed by atoms with Crippen LogP contribution in [0.2, 0.25) is 0 Å². The van der Waals surface area contributed by atoms with Gasteiger partial charge in [-0.25, -0.2) is 0 Å². The van der Waals surface area contributed by atoms with Crippen molar-refractivity contribution in [3.05, 3.63) is 60.0 Å². The molecule has 24 heavy (non-hydrogen) atoms. The van der Waals surface area contributed by atoms with E-state index in [4.69, 9.17) is 0 Å². The van der Waals surface area contributed by atoms with E-state index in [1.165, 1.54) is 5.39 Å². The number of benzene rings is 1. The lowest BCUT2D eigenvalue weighted by molar-refractivity contribution is 0.102. The summed E-state index contributed by atoms with van der Waals surface area (Å²) in [5.41, 5.74) is 3.35. The quantitative estimate of drug-likeness (QED) is 0.785. The minimum atomic E-state index is -0.194. The van der Waals surface area contributed by atoms with Gasteiger partial charge in [-0.15, -0.1) is 0 Å². The van der Waals surface area contributed by atoms with Crippen LogP contribution in [0.3, 0.4) is 0 Å². The highest BCUT2D eigenvalue weighted by atomic mass is 16.1. The maximum atomic E-state index is 12.3. The molecule has 2 aromatic heterocycles. The van der Waals surface area contributed by atoms with Crippen molar-refractivity contribution in [3.8, 4) is 0 Å². The highest BCUT2D eigenvalue weighted by molar-refractivity contribution is 6.03. The number of anilines is 1. The average molecular weight is 322 g/mol. The van der Waals surface area contributed by atoms with Crippen molar-refractivity contribution in [2.45, 2.75) is 13.5 Å². The molecule has 1 amide bonds. The number of nitrogens with one attached hydrogen (secondary N) is 1. The summed E-state index contributed by atoms with van der Waals surface area (Å²) in [4.78, 5) is 18.6. The number of hydrogen-bond donors (Lipinski definition) is 1. The molecule has 0 aliphatic carbocycles. The van der Waals surface area contributed by atoms with Crippen molar-refractivity contribution in [1.82, 2.24) is 14.5 Å². The van der Waals surface area contributed by atoms with Crippen molar-refractivity contribution < 1.29 is 4.79 Å². The van der Waals surface area contributed by atoms with E-state index >= 15 is 0 Å². The Balaban J connectivity index is 1.80. The third-order valence-corrected chi connectivity index (χ3v) is 3.96. The maximum Gasteiger partial charge on any atom is 0.274 e. The first-order valence-corrected chi connectivity index (χ1v) is 8.00. The van der Waals surface area contributed by atoms with Crippen LogP contribution in [0, 0.1) is 6.92 Å². The summed E-state index contributed by atoms with van der Waals surface area (Å²) < 4.78 is 2.20. The van der Waals surface area contributed by atoms with E-state index in [0.717, 1.165) is 29.9 Å². The van der Waals surface area contributed by atoms with Gasteiger partial charge in [0.05, 0.1) is 5.52 Å². The van der Waals surface area contributed by atoms with Gasteiger partial charge >= 0.3 is 0 Å². The molecule has 0 saturated carbocycles. The van der Waals surface area contributed by atoms with Gasteiger partial charge in [0.25, 0.3) is 5.91 Å². The largest absolute Gasteiger partial charge is 0.346 e. The Morgan fingerprint density at radius 2 is 2.04 bits per heavy atom. The monoisotopic (exact) mass is 322 g/mol. The van der Waals surface area contributed by atoms with Crippen LogP contribution in [0.15, 0.2) is 48.8 Å². The second-order valence-corrected chi connectivity index (χ2v) is 6.26. The highest BCUT2D eigenvalue weighted by Crippen LogP contribution is 2.21. The number of nitrogens with zero attached hydrogens (tertiary/aromatic N) is 3. The number of aromatic nitrogens is 2. The Kier molecular flexibility index (Phi) is 4.62. The summed E-state index contributed by atoms with van der Waals surface area (Å²) in [6.07, 6.45) is 3.78. The van der Waals surface area contributed by atoms with Gasteiger partial charge < -0.3 is 14.8 Å². The smallest absolute Gasteiger partial charge is 0.274 e. The minimum Gasteiger partial charge on any atom is -0.346 e. The van der Waals surface area contributed by atoms with Crippen LogP contribution in [0.25, 0.3) is 10.9 Å². The average Bonchev–Trinajstić information content (AvgIpc) is 2.96. The molecule has 2 heterocycles. The Bertz CT molecular complexity index is 849. The van der Waals surface area contributed by atoms with Crippen LogP contribution >= 0.6 is 0 Å². The van der Waals surface area contributed by atoms with Gasteiger partial charge in [0.2, 0.25) is 0 Å². The molecule has 0 aliphatic heterocycles. The van der Waals surface area contributed by atoms with Gasteiger partial charge in [-0.2, -0.15) is 0 Å². The molecule has 3 rings (SSSR count). The zero-order valence-corrected chi connectivity index (χ0v) is 14.3. The Morgan fingerprint density at radius 1 is 1.21 bits per heavy atom. The predicted molar refractivity (Wildman–Crippen MR) is 97.4 cm³/mol. The molecule has 0 spiro atoms. The topological polar surface area (TPSA) is 50.2 Å². The van der Waals surface area contributed by atoms with Crippen LogP contribution in [0.4, 0.5) is 5.69 Å². The molecule has 0 radical (unpaired) electrons. The highest BCUT2D eigenvalue weighted by Gasteiger charge is 2.09. The van der Waals surface area contributed by atoms with Crippen molar-refractivity contribution in [3.63, 3.8) is 0 Å². The van der Waals surface area contributed by atoms with Gasteiger partial charge in [0, 0.05) is 31.2 Å². The molecule has 124 valence electrons. The zero-order valence-electron chi connectivity index (χ0n) is 14.3. The molecule has 0 aliphatic rings. The Labute approximate surface area is 141 Å². The van der Waals surface area contributed by atoms with Gasteiger partial charge in [0.15, 0.2) is 0 Å². The number of aryl methyl sites for hydroxylation is 1. The molecule has 5 nitrogen and oxygen atoms in total. The first-order chi connectivity index (χ1) is 11.5. The number of fused-ring (bicyclic) bond motifs is 1. The molecular weight excluding hydrogens is 300 g/mol. The maximum absolute atomic E-state index is 12.3. The van der Waals surface area contributed by atoms with Crippen molar-refractivity contribution in [2.75, 3.05) is 26.0 Å². The summed E-state index contributed by atoms with van der Waals surface area (Å²) in [7, 11) is 4.12. The molecule has 1 aromatic carbocycles. The summed E-state index contributed by atoms with van der Waals surface area (Å²) in [6, 6.07) is 11.7. The van der Waals surface area contributed by atoms with E-state index in [-0.39, 0.29) is 5.91 Å². The third-order valence-electron chi connectivity index (χ3n) is 3.96. The number of pyridine rings is 1. The van der Waals surface area contributed by atoms with Crippen molar-refractivity contribution >= 4 is 22.5 Å². The molecule has 1 N–H and O–H groups in total. The summed E-state index contributed by atoms with van der Waals surface area (Å²) in [5, 5.41) is 4.09. The fourth-order valence-electron chi connectivity index (χ4n) is 2.56. The SMILES string of the molecule is Cc1ccc(C(=O)Nc2ccc3ccn(CCN(C)C)c3c2)nc1. The second kappa shape index (κ2) is 6.84.